The molecule has 4 rings (SSSR count). The van der Waals surface area contributed by atoms with Crippen LogP contribution in [0.4, 0.5) is 10.5 Å². The third kappa shape index (κ3) is 5.46. The van der Waals surface area contributed by atoms with E-state index in [0.717, 1.165) is 44.2 Å². The normalized spacial score (nSPS) is 14.8. The van der Waals surface area contributed by atoms with Gasteiger partial charge in [-0.3, -0.25) is 19.3 Å². The lowest BCUT2D eigenvalue weighted by Crippen LogP contribution is -2.36. The van der Waals surface area contributed by atoms with E-state index in [2.05, 4.69) is 5.32 Å². The molecule has 0 aliphatic carbocycles. The average molecular weight is 547 g/mol. The number of nitrogens with zero attached hydrogens (tertiary/aromatic N) is 2. The minimum absolute atomic E-state index is 0.265. The number of benzene rings is 2. The number of carbonyl (C=O) groups excluding carboxylic acids is 3. The predicted octanol–water partition coefficient (Wildman–Crippen LogP) is 6.80. The molecular formula is C25H21Cl2N3O3S2. The number of rotatable bonds is 6. The summed E-state index contributed by atoms with van der Waals surface area (Å²) in [4.78, 5) is 40.2. The van der Waals surface area contributed by atoms with Crippen molar-refractivity contribution in [2.24, 2.45) is 0 Å². The smallest absolute Gasteiger partial charge is 0.294 e. The number of halogens is 2. The van der Waals surface area contributed by atoms with E-state index >= 15 is 0 Å². The lowest BCUT2D eigenvalue weighted by Gasteiger charge is -2.13. The first-order valence-corrected chi connectivity index (χ1v) is 13.3. The van der Waals surface area contributed by atoms with Gasteiger partial charge in [-0.25, -0.2) is 0 Å². The summed E-state index contributed by atoms with van der Waals surface area (Å²) in [6.45, 7) is 3.50. The second-order valence-corrected chi connectivity index (χ2v) is 10.5. The van der Waals surface area contributed by atoms with E-state index in [0.29, 0.717) is 15.7 Å². The fourth-order valence-electron chi connectivity index (χ4n) is 3.78. The van der Waals surface area contributed by atoms with Crippen LogP contribution in [0.2, 0.25) is 10.0 Å². The maximum absolute atomic E-state index is 13.0. The van der Waals surface area contributed by atoms with Crippen LogP contribution in [0.15, 0.2) is 58.3 Å². The fraction of sp³-hybridized carbons (Fsp3) is 0.160. The van der Waals surface area contributed by atoms with Gasteiger partial charge in [-0.1, -0.05) is 29.3 Å². The molecule has 3 aromatic rings. The van der Waals surface area contributed by atoms with E-state index in [9.17, 15) is 14.4 Å². The van der Waals surface area contributed by atoms with Crippen molar-refractivity contribution in [1.29, 1.82) is 0 Å². The van der Waals surface area contributed by atoms with Crippen LogP contribution in [-0.4, -0.2) is 39.3 Å². The molecule has 35 heavy (non-hydrogen) atoms. The van der Waals surface area contributed by atoms with E-state index < -0.39 is 17.1 Å². The fourth-order valence-corrected chi connectivity index (χ4v) is 5.36. The van der Waals surface area contributed by atoms with Gasteiger partial charge in [-0.2, -0.15) is 0 Å². The first-order chi connectivity index (χ1) is 16.7. The highest BCUT2D eigenvalue weighted by Gasteiger charge is 2.36. The second-order valence-electron chi connectivity index (χ2n) is 7.81. The number of carbonyl (C=O) groups is 3. The van der Waals surface area contributed by atoms with Gasteiger partial charge in [0.25, 0.3) is 11.1 Å². The number of hydrogen-bond donors (Lipinski definition) is 1. The van der Waals surface area contributed by atoms with E-state index in [4.69, 9.17) is 23.2 Å². The van der Waals surface area contributed by atoms with Crippen molar-refractivity contribution in [2.45, 2.75) is 18.7 Å². The molecule has 0 atom stereocenters. The van der Waals surface area contributed by atoms with Crippen LogP contribution in [-0.2, 0) is 9.59 Å². The maximum atomic E-state index is 13.0. The molecule has 0 spiro atoms. The van der Waals surface area contributed by atoms with Crippen molar-refractivity contribution in [3.63, 3.8) is 0 Å². The van der Waals surface area contributed by atoms with Gasteiger partial charge in [0.15, 0.2) is 0 Å². The zero-order valence-electron chi connectivity index (χ0n) is 19.1. The van der Waals surface area contributed by atoms with Crippen LogP contribution in [0.3, 0.4) is 0 Å². The van der Waals surface area contributed by atoms with Crippen molar-refractivity contribution < 1.29 is 14.4 Å². The monoisotopic (exact) mass is 545 g/mol. The molecule has 3 amide bonds. The molecule has 10 heteroatoms. The van der Waals surface area contributed by atoms with Crippen LogP contribution < -0.4 is 5.32 Å². The minimum atomic E-state index is -0.493. The van der Waals surface area contributed by atoms with Gasteiger partial charge in [0.05, 0.1) is 15.0 Å². The third-order valence-electron chi connectivity index (χ3n) is 5.45. The molecule has 2 aromatic carbocycles. The van der Waals surface area contributed by atoms with Crippen LogP contribution in [0.25, 0.3) is 11.8 Å². The Labute approximate surface area is 221 Å². The summed E-state index contributed by atoms with van der Waals surface area (Å²) in [7, 11) is 0. The Bertz CT molecular complexity index is 1380. The first kappa shape index (κ1) is 25.4. The van der Waals surface area contributed by atoms with Crippen molar-refractivity contribution in [3.05, 3.63) is 80.4 Å². The maximum Gasteiger partial charge on any atom is 0.294 e. The Hall–Kier alpha value is -2.65. The van der Waals surface area contributed by atoms with Crippen molar-refractivity contribution >= 4 is 75.5 Å². The summed E-state index contributed by atoms with van der Waals surface area (Å²) < 4.78 is 1.99. The summed E-state index contributed by atoms with van der Waals surface area (Å²) in [5.74, 6) is -0.933. The Morgan fingerprint density at radius 3 is 2.57 bits per heavy atom. The van der Waals surface area contributed by atoms with Gasteiger partial charge in [-0.15, -0.1) is 11.8 Å². The summed E-state index contributed by atoms with van der Waals surface area (Å²) in [6, 6.07) is 14.6. The first-order valence-electron chi connectivity index (χ1n) is 10.5. The molecule has 1 aliphatic rings. The number of amides is 3. The number of aryl methyl sites for hydroxylation is 1. The Morgan fingerprint density at radius 2 is 1.86 bits per heavy atom. The molecule has 1 saturated heterocycles. The quantitative estimate of drug-likeness (QED) is 0.272. The van der Waals surface area contributed by atoms with E-state index in [-0.39, 0.29) is 11.4 Å². The number of anilines is 1. The number of imide groups is 1. The van der Waals surface area contributed by atoms with E-state index in [1.165, 1.54) is 0 Å². The van der Waals surface area contributed by atoms with Gasteiger partial charge in [-0.05, 0) is 86.0 Å². The Balaban J connectivity index is 1.53. The highest BCUT2D eigenvalue weighted by Crippen LogP contribution is 2.34. The molecule has 0 radical (unpaired) electrons. The molecule has 0 saturated carbocycles. The van der Waals surface area contributed by atoms with E-state index in [1.807, 2.05) is 55.0 Å². The Morgan fingerprint density at radius 1 is 1.09 bits per heavy atom. The van der Waals surface area contributed by atoms with E-state index in [1.54, 1.807) is 36.0 Å². The van der Waals surface area contributed by atoms with Crippen molar-refractivity contribution in [1.82, 2.24) is 9.47 Å². The van der Waals surface area contributed by atoms with Crippen molar-refractivity contribution in [2.75, 3.05) is 18.1 Å². The number of thioether (sulfide) groups is 2. The van der Waals surface area contributed by atoms with Crippen molar-refractivity contribution in [3.8, 4) is 5.69 Å². The summed E-state index contributed by atoms with van der Waals surface area (Å²) in [6.07, 6.45) is 3.62. The summed E-state index contributed by atoms with van der Waals surface area (Å²) >= 11 is 14.6. The molecule has 0 bridgehead atoms. The summed E-state index contributed by atoms with van der Waals surface area (Å²) in [5, 5.41) is 3.17. The van der Waals surface area contributed by atoms with Crippen LogP contribution in [0, 0.1) is 13.8 Å². The largest absolute Gasteiger partial charge is 0.324 e. The molecule has 1 fully saturated rings. The van der Waals surface area contributed by atoms with Crippen LogP contribution in [0.1, 0.15) is 17.0 Å². The standard InChI is InChI=1S/C25H21Cl2N3O3S2/c1-14-9-16(15(2)30(14)18-7-8-20(26)21(27)12-18)10-22-24(32)29(25(33)35-22)13-23(31)28-17-5-4-6-19(11-17)34-3/h4-12H,13H2,1-3H3,(H,28,31)/b22-10-. The zero-order chi connectivity index (χ0) is 25.3. The van der Waals surface area contributed by atoms with Crippen LogP contribution >= 0.6 is 46.7 Å². The molecule has 0 unspecified atom stereocenters. The highest BCUT2D eigenvalue weighted by atomic mass is 35.5. The van der Waals surface area contributed by atoms with Crippen LogP contribution in [0.5, 0.6) is 0 Å². The van der Waals surface area contributed by atoms with Gasteiger partial charge < -0.3 is 9.88 Å². The minimum Gasteiger partial charge on any atom is -0.324 e. The molecule has 1 aliphatic heterocycles. The molecule has 6 nitrogen and oxygen atoms in total. The molecule has 1 N–H and O–H groups in total. The van der Waals surface area contributed by atoms with Gasteiger partial charge in [0, 0.05) is 27.7 Å². The SMILES string of the molecule is CSc1cccc(NC(=O)CN2C(=O)S/C(=C\c3cc(C)n(-c4ccc(Cl)c(Cl)c4)c3C)C2=O)c1. The zero-order valence-corrected chi connectivity index (χ0v) is 22.2. The highest BCUT2D eigenvalue weighted by molar-refractivity contribution is 8.18. The molecular weight excluding hydrogens is 525 g/mol. The lowest BCUT2D eigenvalue weighted by molar-refractivity contribution is -0.127. The topological polar surface area (TPSA) is 71.4 Å². The lowest BCUT2D eigenvalue weighted by atomic mass is 10.2. The van der Waals surface area contributed by atoms with Gasteiger partial charge >= 0.3 is 0 Å². The number of aromatic nitrogens is 1. The average Bonchev–Trinajstić information content (AvgIpc) is 3.24. The third-order valence-corrected chi connectivity index (χ3v) is 7.82. The summed E-state index contributed by atoms with van der Waals surface area (Å²) in [5.41, 5.74) is 4.04. The van der Waals surface area contributed by atoms with Gasteiger partial charge in [0.2, 0.25) is 5.91 Å². The predicted molar refractivity (Wildman–Crippen MR) is 145 cm³/mol. The number of nitrogens with one attached hydrogen (secondary N) is 1. The number of hydrogen-bond acceptors (Lipinski definition) is 5. The molecule has 1 aromatic heterocycles. The molecule has 2 heterocycles. The second kappa shape index (κ2) is 10.5. The Kier molecular flexibility index (Phi) is 7.66. The van der Waals surface area contributed by atoms with Gasteiger partial charge in [0.1, 0.15) is 6.54 Å². The molecule has 180 valence electrons.